The predicted molar refractivity (Wildman–Crippen MR) is 110 cm³/mol. The van der Waals surface area contributed by atoms with Crippen LogP contribution in [0, 0.1) is 6.92 Å². The summed E-state index contributed by atoms with van der Waals surface area (Å²) in [7, 11) is 5.54. The van der Waals surface area contributed by atoms with Crippen LogP contribution in [-0.2, 0) is 24.1 Å². The lowest BCUT2D eigenvalue weighted by Crippen LogP contribution is -2.39. The van der Waals surface area contributed by atoms with Gasteiger partial charge >= 0.3 is 0 Å². The number of aliphatic imine (C=N–C) groups is 1. The Hall–Kier alpha value is -1.51. The summed E-state index contributed by atoms with van der Waals surface area (Å²) >= 11 is 3.43. The molecule has 26 heavy (non-hydrogen) atoms. The summed E-state index contributed by atoms with van der Waals surface area (Å²) in [4.78, 5) is 17.1. The third kappa shape index (κ3) is 5.49. The van der Waals surface area contributed by atoms with Gasteiger partial charge in [-0.05, 0) is 20.3 Å². The summed E-state index contributed by atoms with van der Waals surface area (Å²) in [5, 5.41) is 7.69. The van der Waals surface area contributed by atoms with Crippen LogP contribution in [0.2, 0.25) is 0 Å². The Bertz CT molecular complexity index is 725. The van der Waals surface area contributed by atoms with Crippen molar-refractivity contribution in [2.24, 2.45) is 4.99 Å². The van der Waals surface area contributed by atoms with Gasteiger partial charge in [-0.15, -0.1) is 22.7 Å². The molecular weight excluding hydrogens is 366 g/mol. The van der Waals surface area contributed by atoms with Crippen LogP contribution in [0.1, 0.15) is 46.2 Å². The monoisotopic (exact) mass is 395 g/mol. The lowest BCUT2D eigenvalue weighted by Gasteiger charge is -2.21. The lowest BCUT2D eigenvalue weighted by molar-refractivity contribution is 0.119. The molecule has 0 saturated heterocycles. The quantitative estimate of drug-likeness (QED) is 0.548. The molecule has 0 saturated carbocycles. The molecule has 8 heteroatoms. The number of thiazole rings is 2. The molecular formula is C18H29N5OS2. The number of aromatic nitrogens is 2. The van der Waals surface area contributed by atoms with E-state index in [4.69, 9.17) is 9.72 Å². The van der Waals surface area contributed by atoms with Gasteiger partial charge in [-0.2, -0.15) is 0 Å². The first kappa shape index (κ1) is 20.8. The van der Waals surface area contributed by atoms with E-state index in [1.54, 1.807) is 36.8 Å². The smallest absolute Gasteiger partial charge is 0.193 e. The Balaban J connectivity index is 1.86. The van der Waals surface area contributed by atoms with Gasteiger partial charge in [0.25, 0.3) is 0 Å². The van der Waals surface area contributed by atoms with Crippen molar-refractivity contribution in [2.75, 3.05) is 27.7 Å². The highest BCUT2D eigenvalue weighted by molar-refractivity contribution is 7.11. The van der Waals surface area contributed by atoms with E-state index >= 15 is 0 Å². The van der Waals surface area contributed by atoms with E-state index in [2.05, 4.69) is 39.4 Å². The number of hydrogen-bond donors (Lipinski definition) is 1. The van der Waals surface area contributed by atoms with Crippen molar-refractivity contribution in [1.29, 1.82) is 0 Å². The average Bonchev–Trinajstić information content (AvgIpc) is 3.24. The molecule has 0 amide bonds. The Morgan fingerprint density at radius 2 is 2.19 bits per heavy atom. The zero-order chi connectivity index (χ0) is 19.1. The van der Waals surface area contributed by atoms with Crippen molar-refractivity contribution < 1.29 is 4.74 Å². The van der Waals surface area contributed by atoms with Crippen molar-refractivity contribution >= 4 is 28.6 Å². The van der Waals surface area contributed by atoms with Crippen LogP contribution in [0.25, 0.3) is 0 Å². The molecule has 2 aromatic rings. The molecule has 2 heterocycles. The van der Waals surface area contributed by atoms with Crippen molar-refractivity contribution in [3.05, 3.63) is 31.7 Å². The number of hydrogen-bond acceptors (Lipinski definition) is 6. The average molecular weight is 396 g/mol. The maximum Gasteiger partial charge on any atom is 0.193 e. The minimum Gasteiger partial charge on any atom is -0.375 e. The molecule has 0 fully saturated rings. The lowest BCUT2D eigenvalue weighted by atomic mass is 10.3. The van der Waals surface area contributed by atoms with Crippen LogP contribution < -0.4 is 5.32 Å². The highest BCUT2D eigenvalue weighted by Gasteiger charge is 2.13. The van der Waals surface area contributed by atoms with Crippen LogP contribution in [0.5, 0.6) is 0 Å². The Morgan fingerprint density at radius 1 is 1.42 bits per heavy atom. The van der Waals surface area contributed by atoms with Crippen LogP contribution in [0.4, 0.5) is 0 Å². The molecule has 0 bridgehead atoms. The topological polar surface area (TPSA) is 62.6 Å². The highest BCUT2D eigenvalue weighted by Crippen LogP contribution is 2.21. The van der Waals surface area contributed by atoms with Crippen molar-refractivity contribution in [3.8, 4) is 0 Å². The Kier molecular flexibility index (Phi) is 7.99. The normalized spacial score (nSPS) is 13.1. The van der Waals surface area contributed by atoms with E-state index in [0.29, 0.717) is 6.54 Å². The largest absolute Gasteiger partial charge is 0.375 e. The molecule has 6 nitrogen and oxygen atoms in total. The molecule has 1 atom stereocenters. The van der Waals surface area contributed by atoms with Crippen molar-refractivity contribution in [1.82, 2.24) is 20.2 Å². The second-order valence-corrected chi connectivity index (χ2v) is 8.28. The summed E-state index contributed by atoms with van der Waals surface area (Å²) in [6.07, 6.45) is 1.94. The zero-order valence-corrected chi connectivity index (χ0v) is 18.1. The zero-order valence-electron chi connectivity index (χ0n) is 16.5. The van der Waals surface area contributed by atoms with E-state index in [0.717, 1.165) is 36.0 Å². The van der Waals surface area contributed by atoms with Gasteiger partial charge in [0, 0.05) is 44.4 Å². The number of ether oxygens (including phenoxy) is 1. The Labute approximate surface area is 164 Å². The molecule has 0 radical (unpaired) electrons. The summed E-state index contributed by atoms with van der Waals surface area (Å²) in [6.45, 7) is 7.83. The summed E-state index contributed by atoms with van der Waals surface area (Å²) < 4.78 is 5.33. The molecule has 0 spiro atoms. The third-order valence-electron chi connectivity index (χ3n) is 4.14. The standard InChI is InChI=1S/C18H29N5OS2/c1-7-15-13(3)26-16(22-15)8-9-20-18(19-4)23(5)10-14-11-25-17(21-14)12(2)24-6/h11-12H,7-10H2,1-6H3,(H,19,20). The number of rotatable bonds is 8. The second-order valence-electron chi connectivity index (χ2n) is 6.10. The maximum atomic E-state index is 5.33. The van der Waals surface area contributed by atoms with Gasteiger partial charge in [0.15, 0.2) is 5.96 Å². The van der Waals surface area contributed by atoms with E-state index < -0.39 is 0 Å². The van der Waals surface area contributed by atoms with Gasteiger partial charge in [-0.1, -0.05) is 6.92 Å². The Morgan fingerprint density at radius 3 is 2.81 bits per heavy atom. The predicted octanol–water partition coefficient (Wildman–Crippen LogP) is 3.43. The van der Waals surface area contributed by atoms with Crippen LogP contribution in [0.15, 0.2) is 10.4 Å². The van der Waals surface area contributed by atoms with Crippen LogP contribution in [0.3, 0.4) is 0 Å². The van der Waals surface area contributed by atoms with E-state index in [-0.39, 0.29) is 6.10 Å². The SMILES string of the molecule is CCc1nc(CCNC(=NC)N(C)Cc2csc(C(C)OC)n2)sc1C. The molecule has 0 aliphatic heterocycles. The maximum absolute atomic E-state index is 5.33. The summed E-state index contributed by atoms with van der Waals surface area (Å²) in [5.41, 5.74) is 2.25. The third-order valence-corrected chi connectivity index (χ3v) is 6.26. The first-order valence-corrected chi connectivity index (χ1v) is 10.5. The fourth-order valence-electron chi connectivity index (χ4n) is 2.59. The number of guanidine groups is 1. The summed E-state index contributed by atoms with van der Waals surface area (Å²) in [6, 6.07) is 0. The molecule has 1 N–H and O–H groups in total. The van der Waals surface area contributed by atoms with Gasteiger partial charge in [-0.3, -0.25) is 4.99 Å². The number of methoxy groups -OCH3 is 1. The molecule has 1 unspecified atom stereocenters. The molecule has 2 rings (SSSR count). The van der Waals surface area contributed by atoms with Crippen molar-refractivity contribution in [2.45, 2.75) is 46.3 Å². The van der Waals surface area contributed by atoms with Crippen LogP contribution in [-0.4, -0.2) is 48.6 Å². The fraction of sp³-hybridized carbons (Fsp3) is 0.611. The number of nitrogens with zero attached hydrogens (tertiary/aromatic N) is 4. The van der Waals surface area contributed by atoms with Crippen molar-refractivity contribution in [3.63, 3.8) is 0 Å². The van der Waals surface area contributed by atoms with Gasteiger partial charge in [-0.25, -0.2) is 9.97 Å². The number of aryl methyl sites for hydroxylation is 2. The first-order valence-electron chi connectivity index (χ1n) is 8.82. The van der Waals surface area contributed by atoms with Gasteiger partial charge in [0.05, 0.1) is 22.9 Å². The molecule has 0 aromatic carbocycles. The summed E-state index contributed by atoms with van der Waals surface area (Å²) in [5.74, 6) is 0.864. The van der Waals surface area contributed by atoms with E-state index in [1.165, 1.54) is 15.6 Å². The minimum absolute atomic E-state index is 0.0336. The van der Waals surface area contributed by atoms with E-state index in [1.807, 2.05) is 14.0 Å². The molecule has 0 aliphatic carbocycles. The van der Waals surface area contributed by atoms with E-state index in [9.17, 15) is 0 Å². The molecule has 0 aliphatic rings. The fourth-order valence-corrected chi connectivity index (χ4v) is 4.45. The van der Waals surface area contributed by atoms with Gasteiger partial charge in [0.1, 0.15) is 11.1 Å². The highest BCUT2D eigenvalue weighted by atomic mass is 32.1. The number of nitrogens with one attached hydrogen (secondary N) is 1. The van der Waals surface area contributed by atoms with Crippen LogP contribution >= 0.6 is 22.7 Å². The van der Waals surface area contributed by atoms with Gasteiger partial charge in [0.2, 0.25) is 0 Å². The molecule has 144 valence electrons. The first-order chi connectivity index (χ1) is 12.5. The van der Waals surface area contributed by atoms with Gasteiger partial charge < -0.3 is 15.0 Å². The molecule has 2 aromatic heterocycles. The second kappa shape index (κ2) is 9.99. The minimum atomic E-state index is 0.0336.